The molecule has 0 aromatic heterocycles. The summed E-state index contributed by atoms with van der Waals surface area (Å²) in [7, 11) is 3.97. The summed E-state index contributed by atoms with van der Waals surface area (Å²) in [5, 5.41) is 0. The minimum Gasteiger partial charge on any atom is -0.464 e. The van der Waals surface area contributed by atoms with Crippen molar-refractivity contribution in [1.29, 1.82) is 0 Å². The van der Waals surface area contributed by atoms with Gasteiger partial charge in [-0.2, -0.15) is 0 Å². The first-order valence-corrected chi connectivity index (χ1v) is 19.8. The highest BCUT2D eigenvalue weighted by molar-refractivity contribution is 5.75. The highest BCUT2D eigenvalue weighted by Gasteiger charge is 2.21. The molecule has 1 atom stereocenters. The normalized spacial score (nSPS) is 12.6. The SMILES string of the molecule is CCCCCCCC/C=C\CCCCCCCCOC(=O)C(CN(C)C)OCCCCCCCC/C=C\CCCCCCCC. The smallest absolute Gasteiger partial charge is 0.336 e. The second-order valence-electron chi connectivity index (χ2n) is 13.7. The van der Waals surface area contributed by atoms with Gasteiger partial charge in [0.1, 0.15) is 0 Å². The molecule has 0 bridgehead atoms. The minimum absolute atomic E-state index is 0.194. The minimum atomic E-state index is -0.475. The average Bonchev–Trinajstić information content (AvgIpc) is 3.03. The Morgan fingerprint density at radius 2 is 0.822 bits per heavy atom. The van der Waals surface area contributed by atoms with Gasteiger partial charge in [-0.1, -0.05) is 154 Å². The Bertz CT molecular complexity index is 645. The standard InChI is InChI=1S/C41H79NO3/c1-5-7-9-11-13-15-17-19-21-23-25-27-29-31-33-35-37-44-40(39-42(3)4)41(43)45-38-36-34-32-30-28-26-24-22-20-18-16-14-12-10-8-6-2/h19-22,40H,5-18,23-39H2,1-4H3/b21-19-,22-20-. The lowest BCUT2D eigenvalue weighted by molar-refractivity contribution is -0.158. The van der Waals surface area contributed by atoms with Crippen molar-refractivity contribution < 1.29 is 14.3 Å². The second-order valence-corrected chi connectivity index (χ2v) is 13.7. The Kier molecular flexibility index (Phi) is 36.4. The largest absolute Gasteiger partial charge is 0.464 e. The number of nitrogens with zero attached hydrogens (tertiary/aromatic N) is 1. The van der Waals surface area contributed by atoms with E-state index in [9.17, 15) is 4.79 Å². The highest BCUT2D eigenvalue weighted by atomic mass is 16.6. The van der Waals surface area contributed by atoms with Crippen molar-refractivity contribution >= 4 is 5.97 Å². The average molecular weight is 634 g/mol. The maximum absolute atomic E-state index is 12.7. The van der Waals surface area contributed by atoms with Gasteiger partial charge < -0.3 is 14.4 Å². The number of esters is 1. The molecular formula is C41H79NO3. The Hall–Kier alpha value is -1.13. The van der Waals surface area contributed by atoms with Crippen molar-refractivity contribution in [3.8, 4) is 0 Å². The van der Waals surface area contributed by atoms with Crippen molar-refractivity contribution in [3.63, 3.8) is 0 Å². The van der Waals surface area contributed by atoms with E-state index in [0.29, 0.717) is 19.8 Å². The summed E-state index contributed by atoms with van der Waals surface area (Å²) >= 11 is 0. The van der Waals surface area contributed by atoms with Crippen LogP contribution < -0.4 is 0 Å². The molecule has 0 spiro atoms. The molecule has 1 unspecified atom stereocenters. The fourth-order valence-corrected chi connectivity index (χ4v) is 5.72. The lowest BCUT2D eigenvalue weighted by atomic mass is 10.1. The summed E-state index contributed by atoms with van der Waals surface area (Å²) in [6.45, 7) is 6.30. The number of carbonyl (C=O) groups excluding carboxylic acids is 1. The quantitative estimate of drug-likeness (QED) is 0.0391. The Morgan fingerprint density at radius 3 is 1.20 bits per heavy atom. The van der Waals surface area contributed by atoms with Crippen LogP contribution >= 0.6 is 0 Å². The number of unbranched alkanes of at least 4 members (excludes halogenated alkanes) is 24. The van der Waals surface area contributed by atoms with Crippen molar-refractivity contribution in [1.82, 2.24) is 4.90 Å². The van der Waals surface area contributed by atoms with Gasteiger partial charge in [-0.25, -0.2) is 4.79 Å². The first-order chi connectivity index (χ1) is 22.1. The summed E-state index contributed by atoms with van der Waals surface area (Å²) in [6.07, 6.45) is 45.2. The Labute approximate surface area is 282 Å². The number of ether oxygens (including phenoxy) is 2. The van der Waals surface area contributed by atoms with Gasteiger partial charge in [-0.05, 0) is 78.3 Å². The molecule has 0 aliphatic heterocycles. The molecule has 0 fully saturated rings. The molecule has 0 heterocycles. The van der Waals surface area contributed by atoms with Crippen LogP contribution in [0.2, 0.25) is 0 Å². The van der Waals surface area contributed by atoms with Crippen molar-refractivity contribution in [2.75, 3.05) is 33.9 Å². The summed E-state index contributed by atoms with van der Waals surface area (Å²) in [5.74, 6) is -0.194. The van der Waals surface area contributed by atoms with Crippen LogP contribution in [0.5, 0.6) is 0 Å². The van der Waals surface area contributed by atoms with Gasteiger partial charge in [0.25, 0.3) is 0 Å². The number of hydrogen-bond acceptors (Lipinski definition) is 4. The third-order valence-corrected chi connectivity index (χ3v) is 8.67. The van der Waals surface area contributed by atoms with E-state index in [1.165, 1.54) is 161 Å². The molecule has 0 N–H and O–H groups in total. The Morgan fingerprint density at radius 1 is 0.489 bits per heavy atom. The van der Waals surface area contributed by atoms with E-state index >= 15 is 0 Å². The predicted octanol–water partition coefficient (Wildman–Crippen LogP) is 12.6. The third-order valence-electron chi connectivity index (χ3n) is 8.67. The summed E-state index contributed by atoms with van der Waals surface area (Å²) in [5.41, 5.74) is 0. The number of carbonyl (C=O) groups is 1. The lowest BCUT2D eigenvalue weighted by Gasteiger charge is -2.20. The highest BCUT2D eigenvalue weighted by Crippen LogP contribution is 2.12. The van der Waals surface area contributed by atoms with Gasteiger partial charge in [0, 0.05) is 13.2 Å². The molecule has 0 amide bonds. The van der Waals surface area contributed by atoms with Crippen LogP contribution in [0.15, 0.2) is 24.3 Å². The monoisotopic (exact) mass is 634 g/mol. The van der Waals surface area contributed by atoms with E-state index in [-0.39, 0.29) is 5.97 Å². The second kappa shape index (κ2) is 37.3. The van der Waals surface area contributed by atoms with Crippen LogP contribution in [0, 0.1) is 0 Å². The molecule has 0 aromatic rings. The molecule has 0 aliphatic rings. The molecule has 0 radical (unpaired) electrons. The number of likely N-dealkylation sites (N-methyl/N-ethyl adjacent to an activating group) is 1. The number of rotatable bonds is 36. The summed E-state index contributed by atoms with van der Waals surface area (Å²) in [6, 6.07) is 0. The van der Waals surface area contributed by atoms with Gasteiger partial charge in [-0.15, -0.1) is 0 Å². The lowest BCUT2D eigenvalue weighted by Crippen LogP contribution is -2.36. The van der Waals surface area contributed by atoms with Gasteiger partial charge in [0.05, 0.1) is 6.61 Å². The van der Waals surface area contributed by atoms with E-state index in [4.69, 9.17) is 9.47 Å². The summed E-state index contributed by atoms with van der Waals surface area (Å²) < 4.78 is 11.6. The van der Waals surface area contributed by atoms with Gasteiger partial charge in [0.2, 0.25) is 0 Å². The molecular weight excluding hydrogens is 554 g/mol. The van der Waals surface area contributed by atoms with Crippen LogP contribution in [0.4, 0.5) is 0 Å². The van der Waals surface area contributed by atoms with E-state index in [1.807, 2.05) is 19.0 Å². The van der Waals surface area contributed by atoms with Crippen LogP contribution in [0.3, 0.4) is 0 Å². The molecule has 0 aliphatic carbocycles. The molecule has 0 rings (SSSR count). The maximum atomic E-state index is 12.7. The fourth-order valence-electron chi connectivity index (χ4n) is 5.72. The van der Waals surface area contributed by atoms with Crippen LogP contribution in [-0.2, 0) is 14.3 Å². The van der Waals surface area contributed by atoms with Crippen molar-refractivity contribution in [2.45, 2.75) is 200 Å². The zero-order chi connectivity index (χ0) is 32.9. The number of allylic oxidation sites excluding steroid dienone is 4. The third kappa shape index (κ3) is 35.6. The van der Waals surface area contributed by atoms with Gasteiger partial charge >= 0.3 is 5.97 Å². The van der Waals surface area contributed by atoms with Gasteiger partial charge in [0.15, 0.2) is 6.10 Å². The van der Waals surface area contributed by atoms with Crippen molar-refractivity contribution in [2.24, 2.45) is 0 Å². The zero-order valence-corrected chi connectivity index (χ0v) is 31.0. The zero-order valence-electron chi connectivity index (χ0n) is 31.0. The van der Waals surface area contributed by atoms with E-state index in [2.05, 4.69) is 38.2 Å². The van der Waals surface area contributed by atoms with Crippen LogP contribution in [-0.4, -0.2) is 50.8 Å². The first-order valence-electron chi connectivity index (χ1n) is 19.8. The van der Waals surface area contributed by atoms with Crippen molar-refractivity contribution in [3.05, 3.63) is 24.3 Å². The van der Waals surface area contributed by atoms with Crippen LogP contribution in [0.25, 0.3) is 0 Å². The van der Waals surface area contributed by atoms with Crippen LogP contribution in [0.1, 0.15) is 194 Å². The van der Waals surface area contributed by atoms with E-state index in [1.54, 1.807) is 0 Å². The molecule has 266 valence electrons. The molecule has 0 saturated heterocycles. The molecule has 4 heteroatoms. The maximum Gasteiger partial charge on any atom is 0.336 e. The molecule has 45 heavy (non-hydrogen) atoms. The Balaban J connectivity index is 3.66. The van der Waals surface area contributed by atoms with E-state index in [0.717, 1.165) is 19.3 Å². The molecule has 4 nitrogen and oxygen atoms in total. The summed E-state index contributed by atoms with van der Waals surface area (Å²) in [4.78, 5) is 14.7. The predicted molar refractivity (Wildman–Crippen MR) is 198 cm³/mol. The van der Waals surface area contributed by atoms with Gasteiger partial charge in [-0.3, -0.25) is 0 Å². The van der Waals surface area contributed by atoms with E-state index < -0.39 is 6.10 Å². The number of hydrogen-bond donors (Lipinski definition) is 0. The topological polar surface area (TPSA) is 38.8 Å². The molecule has 0 saturated carbocycles. The first kappa shape index (κ1) is 43.9. The molecule has 0 aromatic carbocycles. The fraction of sp³-hybridized carbons (Fsp3) is 0.878.